The highest BCUT2D eigenvalue weighted by molar-refractivity contribution is 14.1. The molecular formula is C91H129IO24. The predicted molar refractivity (Wildman–Crippen MR) is 423 cm³/mol. The molecule has 0 aromatic carbocycles. The minimum Gasteiger partial charge on any atom is -0.459 e. The number of alkyl halides is 1. The molecule has 0 amide bonds. The molecule has 24 aliphatic heterocycles. The molecule has 0 aromatic heterocycles. The predicted octanol–water partition coefficient (Wildman–Crippen LogP) is 12.5. The third-order valence-corrected chi connectivity index (χ3v) is 33.7. The summed E-state index contributed by atoms with van der Waals surface area (Å²) >= 11 is 2.42. The van der Waals surface area contributed by atoms with Gasteiger partial charge >= 0.3 is 11.9 Å². The van der Waals surface area contributed by atoms with Crippen molar-refractivity contribution in [3.05, 3.63) is 48.6 Å². The van der Waals surface area contributed by atoms with Gasteiger partial charge in [0.2, 0.25) is 11.6 Å². The number of hydrogen-bond donors (Lipinski definition) is 0. The first kappa shape index (κ1) is 80.9. The third-order valence-electron chi connectivity index (χ3n) is 32.8. The molecule has 24 aliphatic rings. The van der Waals surface area contributed by atoms with Crippen molar-refractivity contribution in [1.82, 2.24) is 0 Å². The van der Waals surface area contributed by atoms with Crippen molar-refractivity contribution < 1.29 is 114 Å². The smallest absolute Gasteiger partial charge is 0.308 e. The highest BCUT2D eigenvalue weighted by Crippen LogP contribution is 2.68. The van der Waals surface area contributed by atoms with E-state index in [0.29, 0.717) is 50.4 Å². The van der Waals surface area contributed by atoms with Crippen molar-refractivity contribution in [2.24, 2.45) is 47.3 Å². The van der Waals surface area contributed by atoms with Crippen LogP contribution >= 0.6 is 22.6 Å². The van der Waals surface area contributed by atoms with E-state index in [1.807, 2.05) is 0 Å². The lowest BCUT2D eigenvalue weighted by Gasteiger charge is -2.51. The topological polar surface area (TPSA) is 237 Å². The molecule has 24 fully saturated rings. The first-order chi connectivity index (χ1) is 55.8. The van der Waals surface area contributed by atoms with Gasteiger partial charge in [-0.25, -0.2) is 0 Å². The number of rotatable bonds is 2. The Morgan fingerprint density at radius 2 is 0.750 bits per heavy atom. The van der Waals surface area contributed by atoms with Gasteiger partial charge in [-0.2, -0.15) is 0 Å². The second-order valence-electron chi connectivity index (χ2n) is 40.4. The Kier molecular flexibility index (Phi) is 21.5. The lowest BCUT2D eigenvalue weighted by atomic mass is 9.78. The molecule has 24 bridgehead atoms. The van der Waals surface area contributed by atoms with Crippen molar-refractivity contribution in [2.75, 3.05) is 4.43 Å². The number of ether oxygens (including phenoxy) is 22. The summed E-state index contributed by atoms with van der Waals surface area (Å²) < 4.78 is 152. The molecule has 24 saturated heterocycles. The van der Waals surface area contributed by atoms with Crippen LogP contribution in [0.4, 0.5) is 0 Å². The molecule has 6 unspecified atom stereocenters. The van der Waals surface area contributed by atoms with Gasteiger partial charge in [0.1, 0.15) is 73.2 Å². The van der Waals surface area contributed by atoms with E-state index in [1.165, 1.54) is 0 Å². The van der Waals surface area contributed by atoms with E-state index in [9.17, 15) is 9.59 Å². The average Bonchev–Trinajstić information content (AvgIpc) is 1.50. The van der Waals surface area contributed by atoms with Gasteiger partial charge in [0.05, 0.1) is 159 Å². The van der Waals surface area contributed by atoms with Gasteiger partial charge in [-0.15, -0.1) is 0 Å². The van der Waals surface area contributed by atoms with Crippen LogP contribution in [0, 0.1) is 47.3 Å². The Bertz CT molecular complexity index is 3520. The number of fused-ring (bicyclic) bond motifs is 14. The second kappa shape index (κ2) is 30.9. The molecule has 0 radical (unpaired) electrons. The Labute approximate surface area is 698 Å². The van der Waals surface area contributed by atoms with Gasteiger partial charge in [0.15, 0.2) is 11.6 Å². The van der Waals surface area contributed by atoms with Crippen molar-refractivity contribution in [2.45, 2.75) is 454 Å². The monoisotopic (exact) mass is 1730 g/mol. The van der Waals surface area contributed by atoms with Gasteiger partial charge in [0.25, 0.3) is 0 Å². The molecular weight excluding hydrogens is 1600 g/mol. The normalized spacial score (nSPS) is 57.5. The minimum atomic E-state index is -0.931. The number of halogens is 1. The first-order valence-corrected chi connectivity index (χ1v) is 47.3. The van der Waals surface area contributed by atoms with Gasteiger partial charge in [-0.1, -0.05) is 97.4 Å². The number of carbonyl (C=O) groups excluding carboxylic acids is 2. The van der Waals surface area contributed by atoms with Crippen LogP contribution in [0.2, 0.25) is 0 Å². The van der Waals surface area contributed by atoms with Crippen LogP contribution in [0.5, 0.6) is 0 Å². The minimum absolute atomic E-state index is 0.00827. The SMILES string of the molecule is C=C1C2C[C@@H]3O[C@H]4C[C@@H](C)[C@@H](CC)O[C@H]4[C@H](C)[C@H]3OC(=O)C[C@H]3CC[C@@H]4OC5[C@H]6O[C@]78O[C@@H](C)C[C@H]7[C@](CC[C@H]7CC(=C)[C@H](CC[C@@H](C[C@H]1C)O2)O7)(OC6[C@H]4O3)O[C@@H]58.C=C1C2C[C@@H]3O[C@H]4C[C@@H](C)[C@@H](CI)O[C@H]4[C@H](C)[C@H]3OC(=O)C[C@H]3CC[C@@H]4OC5[C@H]6O[C@]78O[C@@H](C)C[C@H]7[C@](CC[C@H]7CC(=C)[C@H](CC[C@@H](C[C@H]1C)O2)O7)(OC6[C@H]4O3)O[C@@H]58. The summed E-state index contributed by atoms with van der Waals surface area (Å²) in [5.74, 6) is -3.30. The van der Waals surface area contributed by atoms with Crippen LogP contribution < -0.4 is 0 Å². The summed E-state index contributed by atoms with van der Waals surface area (Å²) in [6, 6.07) is 0. The van der Waals surface area contributed by atoms with Crippen molar-refractivity contribution in [3.8, 4) is 0 Å². The van der Waals surface area contributed by atoms with E-state index in [0.717, 1.165) is 136 Å². The molecule has 46 atom stereocenters. The van der Waals surface area contributed by atoms with Crippen molar-refractivity contribution in [1.29, 1.82) is 0 Å². The molecule has 0 aliphatic carbocycles. The zero-order valence-electron chi connectivity index (χ0n) is 69.6. The lowest BCUT2D eigenvalue weighted by molar-refractivity contribution is -0.312. The van der Waals surface area contributed by atoms with Crippen LogP contribution in [0.15, 0.2) is 48.6 Å². The average molecular weight is 1730 g/mol. The van der Waals surface area contributed by atoms with Crippen LogP contribution in [0.25, 0.3) is 0 Å². The van der Waals surface area contributed by atoms with Crippen LogP contribution in [0.3, 0.4) is 0 Å². The van der Waals surface area contributed by atoms with Gasteiger partial charge < -0.3 is 104 Å². The first-order valence-electron chi connectivity index (χ1n) is 45.8. The van der Waals surface area contributed by atoms with Gasteiger partial charge in [-0.05, 0) is 182 Å². The van der Waals surface area contributed by atoms with Gasteiger partial charge in [-0.3, -0.25) is 9.59 Å². The molecule has 116 heavy (non-hydrogen) atoms. The van der Waals surface area contributed by atoms with Crippen molar-refractivity contribution in [3.63, 3.8) is 0 Å². The maximum Gasteiger partial charge on any atom is 0.308 e. The van der Waals surface area contributed by atoms with Crippen LogP contribution in [-0.2, 0) is 114 Å². The van der Waals surface area contributed by atoms with E-state index < -0.39 is 72.0 Å². The standard InChI is InChI=1S/C46H66O12.C45H63IO12/c1-8-30-23(4)17-34-38(52-30)26(7)39-35(51-34)20-33-25(6)21(2)15-27(49-33)9-11-31-22(3)16-29(48-31)13-14-45-36-18-24(5)55-46(36)44(58-45)43-42(57-46)41(56-45)40-32(53-43)12-10-28(50-40)19-37(47)54-39;1-20-13-26-7-9-29-21(2)14-28(48-29)11-12-44-35-16-23(4)55-45(35)43(58-44)42-41(57-45)40(56-44)39-30(52-42)10-8-27(50-39)17-36(47)54-38-25(6)37-32(15-22(3)34(19-46)53-37)51-33(38)18-31(49-26)24(20)5/h21,23-24,26-36,38-44H,3,6,8-20H2,1-2,4-5,7H3;20,22-23,25-35,37-43H,2,5,7-19H2,1,3-4,6H3/t21-,23-,24+,26+,27+,28-,29+,30-,31+,32+,33?,34+,35+,36+,38+,39-,40+,41?,42+,43?,44+,45-,46-;20-,22-,23+,25+,26+,27-,28+,29+,30+,31?,32+,33+,34-,35+,37+,38-,39+,40?,41+,42?,43+,44-,45-/m11/s1. The van der Waals surface area contributed by atoms with E-state index in [1.54, 1.807) is 0 Å². The molecule has 0 N–H and O–H groups in total. The zero-order chi connectivity index (χ0) is 79.7. The molecule has 0 aromatic rings. The Morgan fingerprint density at radius 1 is 0.345 bits per heavy atom. The van der Waals surface area contributed by atoms with E-state index in [4.69, 9.17) is 104 Å². The summed E-state index contributed by atoms with van der Waals surface area (Å²) in [6.07, 6.45) is 10.8. The molecule has 24 nitrogen and oxygen atoms in total. The fraction of sp³-hybridized carbons (Fsp3) is 0.890. The number of esters is 2. The fourth-order valence-electron chi connectivity index (χ4n) is 26.8. The number of hydrogen-bond acceptors (Lipinski definition) is 24. The Balaban J connectivity index is 0.000000145. The molecule has 25 heteroatoms. The molecule has 4 spiro atoms. The highest BCUT2D eigenvalue weighted by Gasteiger charge is 2.84. The molecule has 24 rings (SSSR count). The summed E-state index contributed by atoms with van der Waals surface area (Å²) in [4.78, 5) is 28.4. The lowest BCUT2D eigenvalue weighted by Crippen LogP contribution is -2.62. The van der Waals surface area contributed by atoms with Crippen molar-refractivity contribution >= 4 is 34.5 Å². The van der Waals surface area contributed by atoms with E-state index in [2.05, 4.69) is 111 Å². The Hall–Kier alpha value is -2.17. The maximum absolute atomic E-state index is 14.2. The van der Waals surface area contributed by atoms with Crippen LogP contribution in [0.1, 0.15) is 223 Å². The summed E-state index contributed by atoms with van der Waals surface area (Å²) in [7, 11) is 0. The van der Waals surface area contributed by atoms with E-state index in [-0.39, 0.29) is 219 Å². The highest BCUT2D eigenvalue weighted by atomic mass is 127. The second-order valence-corrected chi connectivity index (χ2v) is 41.2. The summed E-state index contributed by atoms with van der Waals surface area (Å²) in [5.41, 5.74) is 4.46. The maximum atomic E-state index is 14.2. The molecule has 0 saturated carbocycles. The molecule has 644 valence electrons. The quantitative estimate of drug-likeness (QED) is 0.108. The molecule has 24 heterocycles. The number of carbonyl (C=O) groups is 2. The third kappa shape index (κ3) is 13.6. The Morgan fingerprint density at radius 3 is 1.20 bits per heavy atom. The largest absolute Gasteiger partial charge is 0.459 e. The van der Waals surface area contributed by atoms with Crippen LogP contribution in [-0.4, -0.2) is 247 Å². The zero-order valence-corrected chi connectivity index (χ0v) is 71.8. The summed E-state index contributed by atoms with van der Waals surface area (Å²) in [6.45, 7) is 37.8. The fourth-order valence-corrected chi connectivity index (χ4v) is 27.9. The van der Waals surface area contributed by atoms with Gasteiger partial charge in [0, 0.05) is 41.9 Å². The van der Waals surface area contributed by atoms with E-state index >= 15 is 0 Å². The summed E-state index contributed by atoms with van der Waals surface area (Å²) in [5, 5.41) is 0.